The zero-order valence-electron chi connectivity index (χ0n) is 13.7. The number of carbonyl (C=O) groups is 3. The van der Waals surface area contributed by atoms with Crippen molar-refractivity contribution >= 4 is 17.3 Å². The predicted molar refractivity (Wildman–Crippen MR) is 90.9 cm³/mol. The van der Waals surface area contributed by atoms with Crippen LogP contribution in [0.25, 0.3) is 0 Å². The summed E-state index contributed by atoms with van der Waals surface area (Å²) in [6.45, 7) is 2.34. The van der Waals surface area contributed by atoms with Crippen LogP contribution in [0.3, 0.4) is 0 Å². The van der Waals surface area contributed by atoms with E-state index in [2.05, 4.69) is 0 Å². The number of hydrogen-bond acceptors (Lipinski definition) is 4. The maximum Gasteiger partial charge on any atom is 0.187 e. The van der Waals surface area contributed by atoms with E-state index in [1.165, 1.54) is 13.8 Å². The number of hydrogen-bond donors (Lipinski definition) is 1. The molecule has 1 N–H and O–H groups in total. The van der Waals surface area contributed by atoms with E-state index in [9.17, 15) is 19.5 Å². The average Bonchev–Trinajstić information content (AvgIpc) is 2.60. The minimum atomic E-state index is -2.22. The molecule has 4 nitrogen and oxygen atoms in total. The van der Waals surface area contributed by atoms with Crippen molar-refractivity contribution in [2.75, 3.05) is 0 Å². The quantitative estimate of drug-likeness (QED) is 0.628. The molecule has 1 atom stereocenters. The van der Waals surface area contributed by atoms with Crippen molar-refractivity contribution in [2.24, 2.45) is 0 Å². The van der Waals surface area contributed by atoms with Crippen molar-refractivity contribution in [3.63, 3.8) is 0 Å². The molecule has 0 aliphatic heterocycles. The van der Waals surface area contributed by atoms with Crippen LogP contribution in [-0.2, 0) is 9.59 Å². The summed E-state index contributed by atoms with van der Waals surface area (Å²) < 4.78 is 0. The van der Waals surface area contributed by atoms with Crippen LogP contribution in [0, 0.1) is 0 Å². The first-order chi connectivity index (χ1) is 11.4. The summed E-state index contributed by atoms with van der Waals surface area (Å²) in [5.74, 6) is -2.48. The number of Topliss-reactive ketones (excluding diaryl/α,β-unsaturated/α-hetero) is 3. The topological polar surface area (TPSA) is 71.4 Å². The highest BCUT2D eigenvalue weighted by atomic mass is 16.3. The number of carbonyl (C=O) groups excluding carboxylic acids is 3. The van der Waals surface area contributed by atoms with Crippen molar-refractivity contribution in [1.29, 1.82) is 0 Å². The van der Waals surface area contributed by atoms with Gasteiger partial charge in [0.15, 0.2) is 23.0 Å². The Morgan fingerprint density at radius 2 is 1.33 bits per heavy atom. The molecule has 0 saturated heterocycles. The normalized spacial score (nSPS) is 12.5. The Morgan fingerprint density at radius 1 is 0.875 bits per heavy atom. The van der Waals surface area contributed by atoms with E-state index in [1.807, 2.05) is 0 Å². The lowest BCUT2D eigenvalue weighted by molar-refractivity contribution is -0.150. The summed E-state index contributed by atoms with van der Waals surface area (Å²) in [7, 11) is 0. The van der Waals surface area contributed by atoms with Gasteiger partial charge in [0, 0.05) is 17.9 Å². The summed E-state index contributed by atoms with van der Waals surface area (Å²) >= 11 is 0. The zero-order valence-corrected chi connectivity index (χ0v) is 13.7. The second kappa shape index (κ2) is 7.32. The maximum absolute atomic E-state index is 12.6. The van der Waals surface area contributed by atoms with E-state index >= 15 is 0 Å². The highest BCUT2D eigenvalue weighted by Gasteiger charge is 2.47. The van der Waals surface area contributed by atoms with E-state index in [0.717, 1.165) is 0 Å². The van der Waals surface area contributed by atoms with Gasteiger partial charge in [0.05, 0.1) is 0 Å². The molecule has 0 saturated carbocycles. The third-order valence-electron chi connectivity index (χ3n) is 4.27. The van der Waals surface area contributed by atoms with Crippen LogP contribution in [0.15, 0.2) is 60.7 Å². The summed E-state index contributed by atoms with van der Waals surface area (Å²) in [6, 6.07) is 17.3. The van der Waals surface area contributed by atoms with Gasteiger partial charge in [-0.1, -0.05) is 60.7 Å². The fourth-order valence-electron chi connectivity index (χ4n) is 2.86. The molecule has 0 aliphatic rings. The Bertz CT molecular complexity index is 721. The fraction of sp³-hybridized carbons (Fsp3) is 0.250. The molecule has 24 heavy (non-hydrogen) atoms. The number of aliphatic hydroxyl groups is 1. The van der Waals surface area contributed by atoms with Gasteiger partial charge in [-0.05, 0) is 19.4 Å². The third kappa shape index (κ3) is 3.49. The molecule has 0 spiro atoms. The minimum Gasteiger partial charge on any atom is -0.374 e. The van der Waals surface area contributed by atoms with Crippen molar-refractivity contribution in [1.82, 2.24) is 0 Å². The van der Waals surface area contributed by atoms with Crippen LogP contribution in [0.1, 0.15) is 42.1 Å². The molecule has 2 aromatic carbocycles. The van der Waals surface area contributed by atoms with Crippen molar-refractivity contribution in [3.8, 4) is 0 Å². The third-order valence-corrected chi connectivity index (χ3v) is 4.27. The molecule has 124 valence electrons. The lowest BCUT2D eigenvalue weighted by Gasteiger charge is -2.32. The first-order valence-electron chi connectivity index (χ1n) is 7.75. The number of benzene rings is 2. The molecule has 0 amide bonds. The molecule has 0 fully saturated rings. The van der Waals surface area contributed by atoms with Gasteiger partial charge in [-0.2, -0.15) is 0 Å². The lowest BCUT2D eigenvalue weighted by atomic mass is 9.74. The summed E-state index contributed by atoms with van der Waals surface area (Å²) in [5.41, 5.74) is -1.16. The smallest absolute Gasteiger partial charge is 0.187 e. The van der Waals surface area contributed by atoms with Crippen LogP contribution in [0.5, 0.6) is 0 Å². The minimum absolute atomic E-state index is 0.135. The lowest BCUT2D eigenvalue weighted by Crippen LogP contribution is -2.50. The second-order valence-electron chi connectivity index (χ2n) is 5.84. The Morgan fingerprint density at radius 3 is 1.79 bits per heavy atom. The van der Waals surface area contributed by atoms with Crippen LogP contribution < -0.4 is 0 Å². The summed E-state index contributed by atoms with van der Waals surface area (Å²) in [4.78, 5) is 36.7. The molecular weight excluding hydrogens is 304 g/mol. The van der Waals surface area contributed by atoms with Gasteiger partial charge in [-0.25, -0.2) is 0 Å². The Kier molecular flexibility index (Phi) is 5.42. The van der Waals surface area contributed by atoms with E-state index < -0.39 is 23.1 Å². The van der Waals surface area contributed by atoms with Crippen LogP contribution >= 0.6 is 0 Å². The Balaban J connectivity index is 2.46. The summed E-state index contributed by atoms with van der Waals surface area (Å²) in [5, 5.41) is 10.8. The van der Waals surface area contributed by atoms with Crippen LogP contribution in [-0.4, -0.2) is 28.1 Å². The van der Waals surface area contributed by atoms with Gasteiger partial charge in [-0.15, -0.1) is 0 Å². The standard InChI is InChI=1S/C20H20O4/c1-14(21)20(24,15(2)22)18(16-9-5-3-6-10-16)13-19(23)17-11-7-4-8-12-17/h3-12,18,24H,13H2,1-2H3. The van der Waals surface area contributed by atoms with Gasteiger partial charge in [-0.3, -0.25) is 14.4 Å². The highest BCUT2D eigenvalue weighted by molar-refractivity contribution is 6.10. The van der Waals surface area contributed by atoms with Crippen molar-refractivity contribution in [2.45, 2.75) is 31.8 Å². The molecule has 0 aromatic heterocycles. The number of ketones is 3. The maximum atomic E-state index is 12.6. The van der Waals surface area contributed by atoms with Gasteiger partial charge < -0.3 is 5.11 Å². The molecule has 0 heterocycles. The fourth-order valence-corrected chi connectivity index (χ4v) is 2.86. The van der Waals surface area contributed by atoms with Crippen LogP contribution in [0.2, 0.25) is 0 Å². The predicted octanol–water partition coefficient (Wildman–Crippen LogP) is 2.95. The number of rotatable bonds is 7. The van der Waals surface area contributed by atoms with E-state index in [-0.39, 0.29) is 12.2 Å². The zero-order chi connectivity index (χ0) is 17.7. The van der Waals surface area contributed by atoms with Crippen LogP contribution in [0.4, 0.5) is 0 Å². The van der Waals surface area contributed by atoms with Gasteiger partial charge in [0.2, 0.25) is 0 Å². The first-order valence-corrected chi connectivity index (χ1v) is 7.75. The van der Waals surface area contributed by atoms with Gasteiger partial charge in [0.25, 0.3) is 0 Å². The molecule has 0 aliphatic carbocycles. The molecule has 0 radical (unpaired) electrons. The van der Waals surface area contributed by atoms with Gasteiger partial charge >= 0.3 is 0 Å². The van der Waals surface area contributed by atoms with Crippen molar-refractivity contribution < 1.29 is 19.5 Å². The molecule has 2 aromatic rings. The Labute approximate surface area is 141 Å². The van der Waals surface area contributed by atoms with E-state index in [4.69, 9.17) is 0 Å². The monoisotopic (exact) mass is 324 g/mol. The van der Waals surface area contributed by atoms with Crippen molar-refractivity contribution in [3.05, 3.63) is 71.8 Å². The largest absolute Gasteiger partial charge is 0.374 e. The second-order valence-corrected chi connectivity index (χ2v) is 5.84. The SMILES string of the molecule is CC(=O)C(O)(C(C)=O)C(CC(=O)c1ccccc1)c1ccccc1. The molecule has 4 heteroatoms. The first kappa shape index (κ1) is 17.8. The summed E-state index contributed by atoms with van der Waals surface area (Å²) in [6.07, 6.45) is -0.135. The molecule has 2 rings (SSSR count). The molecule has 1 unspecified atom stereocenters. The van der Waals surface area contributed by atoms with Gasteiger partial charge in [0.1, 0.15) is 0 Å². The molecular formula is C20H20O4. The molecule has 0 bridgehead atoms. The van der Waals surface area contributed by atoms with E-state index in [1.54, 1.807) is 60.7 Å². The highest BCUT2D eigenvalue weighted by Crippen LogP contribution is 2.34. The average molecular weight is 324 g/mol. The van der Waals surface area contributed by atoms with E-state index in [0.29, 0.717) is 11.1 Å². The Hall–Kier alpha value is -2.59.